The summed E-state index contributed by atoms with van der Waals surface area (Å²) < 4.78 is 5.35. The second kappa shape index (κ2) is 4.97. The van der Waals surface area contributed by atoms with Crippen LogP contribution in [0.25, 0.3) is 11.5 Å². The highest BCUT2D eigenvalue weighted by Crippen LogP contribution is 2.26. The van der Waals surface area contributed by atoms with Crippen LogP contribution in [-0.2, 0) is 4.79 Å². The molecule has 0 aliphatic rings. The van der Waals surface area contributed by atoms with Crippen LogP contribution >= 0.6 is 0 Å². The van der Waals surface area contributed by atoms with Crippen LogP contribution in [0.5, 0.6) is 0 Å². The van der Waals surface area contributed by atoms with E-state index in [4.69, 9.17) is 10.2 Å². The van der Waals surface area contributed by atoms with Gasteiger partial charge in [-0.15, -0.1) is 10.2 Å². The van der Waals surface area contributed by atoms with Gasteiger partial charge in [0.25, 0.3) is 0 Å². The van der Waals surface area contributed by atoms with Gasteiger partial charge in [0.1, 0.15) is 0 Å². The highest BCUT2D eigenvalue weighted by Gasteiger charge is 2.14. The van der Waals surface area contributed by atoms with Gasteiger partial charge in [0.2, 0.25) is 17.7 Å². The standard InChI is InChI=1S/C12H14N4O2/c1-7(13)11(17)14-10-6-4-3-5-9(10)12-16-15-8(2)18-12/h3-7H,13H2,1-2H3,(H,14,17)/t7-/m1/s1. The van der Waals surface area contributed by atoms with Crippen LogP contribution in [-0.4, -0.2) is 22.1 Å². The van der Waals surface area contributed by atoms with Crippen molar-refractivity contribution in [3.8, 4) is 11.5 Å². The maximum absolute atomic E-state index is 11.6. The van der Waals surface area contributed by atoms with Crippen LogP contribution in [0.15, 0.2) is 28.7 Å². The Hall–Kier alpha value is -2.21. The maximum Gasteiger partial charge on any atom is 0.249 e. The molecule has 6 heteroatoms. The first kappa shape index (κ1) is 12.3. The average Bonchev–Trinajstić information content (AvgIpc) is 2.76. The van der Waals surface area contributed by atoms with Crippen LogP contribution in [0, 0.1) is 6.92 Å². The maximum atomic E-state index is 11.6. The Bertz CT molecular complexity index is 563. The van der Waals surface area contributed by atoms with Crippen LogP contribution in [0.4, 0.5) is 5.69 Å². The lowest BCUT2D eigenvalue weighted by atomic mass is 10.1. The van der Waals surface area contributed by atoms with Crippen molar-refractivity contribution < 1.29 is 9.21 Å². The van der Waals surface area contributed by atoms with Crippen molar-refractivity contribution in [1.29, 1.82) is 0 Å². The minimum atomic E-state index is -0.581. The topological polar surface area (TPSA) is 94.0 Å². The van der Waals surface area contributed by atoms with Crippen molar-refractivity contribution in [2.24, 2.45) is 5.73 Å². The monoisotopic (exact) mass is 246 g/mol. The summed E-state index contributed by atoms with van der Waals surface area (Å²) >= 11 is 0. The number of para-hydroxylation sites is 1. The van der Waals surface area contributed by atoms with E-state index in [0.29, 0.717) is 23.0 Å². The zero-order valence-electron chi connectivity index (χ0n) is 10.2. The Morgan fingerprint density at radius 1 is 1.39 bits per heavy atom. The predicted molar refractivity (Wildman–Crippen MR) is 66.8 cm³/mol. The highest BCUT2D eigenvalue weighted by atomic mass is 16.4. The molecule has 0 radical (unpaired) electrons. The third-order valence-corrected chi connectivity index (χ3v) is 2.35. The number of aromatic nitrogens is 2. The summed E-state index contributed by atoms with van der Waals surface area (Å²) in [5, 5.41) is 10.4. The largest absolute Gasteiger partial charge is 0.421 e. The number of rotatable bonds is 3. The second-order valence-corrected chi connectivity index (χ2v) is 3.95. The molecule has 1 aromatic heterocycles. The molecule has 0 aliphatic heterocycles. The van der Waals surface area contributed by atoms with Gasteiger partial charge < -0.3 is 15.5 Å². The van der Waals surface area contributed by atoms with Crippen molar-refractivity contribution in [2.75, 3.05) is 5.32 Å². The van der Waals surface area contributed by atoms with Gasteiger partial charge in [-0.3, -0.25) is 4.79 Å². The number of nitrogens with zero attached hydrogens (tertiary/aromatic N) is 2. The van der Waals surface area contributed by atoms with E-state index >= 15 is 0 Å². The van der Waals surface area contributed by atoms with E-state index in [9.17, 15) is 4.79 Å². The Morgan fingerprint density at radius 3 is 2.72 bits per heavy atom. The molecule has 0 fully saturated rings. The van der Waals surface area contributed by atoms with Crippen molar-refractivity contribution >= 4 is 11.6 Å². The number of anilines is 1. The van der Waals surface area contributed by atoms with Crippen LogP contribution in [0.3, 0.4) is 0 Å². The number of nitrogens with one attached hydrogen (secondary N) is 1. The van der Waals surface area contributed by atoms with Gasteiger partial charge >= 0.3 is 0 Å². The third kappa shape index (κ3) is 2.54. The van der Waals surface area contributed by atoms with E-state index in [1.165, 1.54) is 0 Å². The van der Waals surface area contributed by atoms with Gasteiger partial charge in [0.05, 0.1) is 17.3 Å². The number of hydrogen-bond acceptors (Lipinski definition) is 5. The van der Waals surface area contributed by atoms with Gasteiger partial charge in [-0.25, -0.2) is 0 Å². The first-order valence-electron chi connectivity index (χ1n) is 5.54. The van der Waals surface area contributed by atoms with Gasteiger partial charge in [-0.1, -0.05) is 12.1 Å². The molecular weight excluding hydrogens is 232 g/mol. The lowest BCUT2D eigenvalue weighted by Gasteiger charge is -2.10. The van der Waals surface area contributed by atoms with Gasteiger partial charge in [0, 0.05) is 6.92 Å². The zero-order chi connectivity index (χ0) is 13.1. The molecule has 0 spiro atoms. The molecule has 0 saturated heterocycles. The number of amides is 1. The minimum absolute atomic E-state index is 0.265. The first-order valence-corrected chi connectivity index (χ1v) is 5.54. The van der Waals surface area contributed by atoms with Gasteiger partial charge in [0.15, 0.2) is 0 Å². The average molecular weight is 246 g/mol. The molecule has 1 aromatic carbocycles. The molecule has 0 bridgehead atoms. The SMILES string of the molecule is Cc1nnc(-c2ccccc2NC(=O)[C@@H](C)N)o1. The summed E-state index contributed by atoms with van der Waals surface area (Å²) in [5.74, 6) is 0.574. The Balaban J connectivity index is 2.34. The van der Waals surface area contributed by atoms with E-state index in [2.05, 4.69) is 15.5 Å². The molecular formula is C12H14N4O2. The van der Waals surface area contributed by atoms with E-state index in [0.717, 1.165) is 0 Å². The van der Waals surface area contributed by atoms with Crippen LogP contribution < -0.4 is 11.1 Å². The van der Waals surface area contributed by atoms with Crippen LogP contribution in [0.2, 0.25) is 0 Å². The molecule has 2 aromatic rings. The van der Waals surface area contributed by atoms with Crippen molar-refractivity contribution in [3.63, 3.8) is 0 Å². The molecule has 3 N–H and O–H groups in total. The lowest BCUT2D eigenvalue weighted by molar-refractivity contribution is -0.117. The van der Waals surface area contributed by atoms with Crippen molar-refractivity contribution in [1.82, 2.24) is 10.2 Å². The number of carbonyl (C=O) groups is 1. The van der Waals surface area contributed by atoms with Gasteiger partial charge in [-0.2, -0.15) is 0 Å². The normalized spacial score (nSPS) is 12.2. The molecule has 2 rings (SSSR count). The van der Waals surface area contributed by atoms with E-state index < -0.39 is 6.04 Å². The second-order valence-electron chi connectivity index (χ2n) is 3.95. The molecule has 1 heterocycles. The fourth-order valence-electron chi connectivity index (χ4n) is 1.43. The molecule has 0 unspecified atom stereocenters. The lowest BCUT2D eigenvalue weighted by Crippen LogP contribution is -2.32. The van der Waals surface area contributed by atoms with E-state index in [-0.39, 0.29) is 5.91 Å². The van der Waals surface area contributed by atoms with Crippen molar-refractivity contribution in [2.45, 2.75) is 19.9 Å². The number of benzene rings is 1. The smallest absolute Gasteiger partial charge is 0.249 e. The summed E-state index contributed by atoms with van der Waals surface area (Å²) in [5.41, 5.74) is 6.79. The first-order chi connectivity index (χ1) is 8.58. The summed E-state index contributed by atoms with van der Waals surface area (Å²) in [7, 11) is 0. The summed E-state index contributed by atoms with van der Waals surface area (Å²) in [6.45, 7) is 3.33. The van der Waals surface area contributed by atoms with E-state index in [1.807, 2.05) is 12.1 Å². The third-order valence-electron chi connectivity index (χ3n) is 2.35. The molecule has 1 amide bonds. The summed E-state index contributed by atoms with van der Waals surface area (Å²) in [6.07, 6.45) is 0. The Labute approximate surface area is 104 Å². The number of carbonyl (C=O) groups excluding carboxylic acids is 1. The quantitative estimate of drug-likeness (QED) is 0.852. The predicted octanol–water partition coefficient (Wildman–Crippen LogP) is 1.33. The molecule has 18 heavy (non-hydrogen) atoms. The number of hydrogen-bond donors (Lipinski definition) is 2. The number of aryl methyl sites for hydroxylation is 1. The van der Waals surface area contributed by atoms with Gasteiger partial charge in [-0.05, 0) is 19.1 Å². The fourth-order valence-corrected chi connectivity index (χ4v) is 1.43. The zero-order valence-corrected chi connectivity index (χ0v) is 10.2. The Morgan fingerprint density at radius 2 is 2.11 bits per heavy atom. The highest BCUT2D eigenvalue weighted by molar-refractivity contribution is 5.97. The van der Waals surface area contributed by atoms with Crippen LogP contribution in [0.1, 0.15) is 12.8 Å². The number of nitrogens with two attached hydrogens (primary N) is 1. The summed E-state index contributed by atoms with van der Waals surface area (Å²) in [4.78, 5) is 11.6. The Kier molecular flexibility index (Phi) is 3.38. The van der Waals surface area contributed by atoms with E-state index in [1.54, 1.807) is 26.0 Å². The molecule has 6 nitrogen and oxygen atoms in total. The minimum Gasteiger partial charge on any atom is -0.421 e. The fraction of sp³-hybridized carbons (Fsp3) is 0.250. The summed E-state index contributed by atoms with van der Waals surface area (Å²) in [6, 6.07) is 6.61. The molecule has 0 aliphatic carbocycles. The molecule has 0 saturated carbocycles. The molecule has 94 valence electrons. The molecule has 1 atom stereocenters. The van der Waals surface area contributed by atoms with Crippen molar-refractivity contribution in [3.05, 3.63) is 30.2 Å².